The summed E-state index contributed by atoms with van der Waals surface area (Å²) in [6.45, 7) is 0. The lowest BCUT2D eigenvalue weighted by atomic mass is 10.5. The number of halogens is 1. The van der Waals surface area contributed by atoms with Gasteiger partial charge in [-0.15, -0.1) is 0 Å². The number of hydrogen-bond donors (Lipinski definition) is 1. The quantitative estimate of drug-likeness (QED) is 0.507. The monoisotopic (exact) mass is 358 g/mol. The molecule has 0 amide bonds. The second kappa shape index (κ2) is 5.51. The van der Waals surface area contributed by atoms with Gasteiger partial charge in [-0.1, -0.05) is 6.07 Å². The van der Waals surface area contributed by atoms with Gasteiger partial charge in [0, 0.05) is 6.07 Å². The molecule has 2 rings (SSSR count). The van der Waals surface area contributed by atoms with Crippen LogP contribution in [-0.2, 0) is 10.0 Å². The van der Waals surface area contributed by atoms with Crippen LogP contribution in [0.15, 0.2) is 46.0 Å². The molecule has 0 aliphatic rings. The Labute approximate surface area is 122 Å². The maximum atomic E-state index is 12.0. The van der Waals surface area contributed by atoms with Gasteiger partial charge in [0.15, 0.2) is 6.20 Å². The first-order chi connectivity index (χ1) is 9.38. The Morgan fingerprint density at radius 3 is 2.55 bits per heavy atom. The number of sulfonamides is 1. The van der Waals surface area contributed by atoms with Gasteiger partial charge < -0.3 is 10.1 Å². The zero-order valence-corrected chi connectivity index (χ0v) is 12.1. The molecular weight excluding hydrogens is 352 g/mol. The van der Waals surface area contributed by atoms with E-state index in [-0.39, 0.29) is 10.7 Å². The smallest absolute Gasteiger partial charge is 0.358 e. The summed E-state index contributed by atoms with van der Waals surface area (Å²) in [6, 6.07) is 6.85. The van der Waals surface area contributed by atoms with E-state index in [0.717, 1.165) is 18.3 Å². The number of nitro groups is 1. The Morgan fingerprint density at radius 2 is 2.00 bits per heavy atom. The Morgan fingerprint density at radius 1 is 1.25 bits per heavy atom. The first-order valence-electron chi connectivity index (χ1n) is 5.14. The van der Waals surface area contributed by atoms with Gasteiger partial charge in [0.2, 0.25) is 0 Å². The van der Waals surface area contributed by atoms with Gasteiger partial charge in [-0.05, 0) is 44.0 Å². The second-order valence-corrected chi connectivity index (χ2v) is 6.06. The molecule has 0 saturated carbocycles. The molecule has 2 heterocycles. The highest BCUT2D eigenvalue weighted by molar-refractivity contribution is 9.10. The molecule has 10 heteroatoms. The fourth-order valence-corrected chi connectivity index (χ4v) is 2.59. The SMILES string of the molecule is O=[N+]([O-])c1ccc(S(=O)(=O)Nc2cccc(Br)n2)cn1. The minimum Gasteiger partial charge on any atom is -0.358 e. The molecule has 0 fully saturated rings. The molecule has 8 nitrogen and oxygen atoms in total. The molecule has 0 aliphatic carbocycles. The largest absolute Gasteiger partial charge is 0.363 e. The molecule has 0 radical (unpaired) electrons. The summed E-state index contributed by atoms with van der Waals surface area (Å²) in [7, 11) is -3.89. The third-order valence-electron chi connectivity index (χ3n) is 2.17. The standard InChI is InChI=1S/C10H7BrN4O4S/c11-8-2-1-3-9(13-8)14-20(18,19)7-4-5-10(12-6-7)15(16)17/h1-6H,(H,13,14). The van der Waals surface area contributed by atoms with Crippen LogP contribution in [0, 0.1) is 10.1 Å². The fraction of sp³-hybridized carbons (Fsp3) is 0. The molecule has 20 heavy (non-hydrogen) atoms. The molecule has 0 spiro atoms. The number of hydrogen-bond acceptors (Lipinski definition) is 6. The van der Waals surface area contributed by atoms with Crippen LogP contribution in [-0.4, -0.2) is 23.3 Å². The molecule has 1 N–H and O–H groups in total. The summed E-state index contributed by atoms with van der Waals surface area (Å²) < 4.78 is 26.8. The van der Waals surface area contributed by atoms with Crippen LogP contribution in [0.5, 0.6) is 0 Å². The highest BCUT2D eigenvalue weighted by atomic mass is 79.9. The van der Waals surface area contributed by atoms with E-state index in [1.165, 1.54) is 6.07 Å². The summed E-state index contributed by atoms with van der Waals surface area (Å²) in [5.74, 6) is -0.303. The maximum absolute atomic E-state index is 12.0. The molecule has 0 aliphatic heterocycles. The molecule has 0 aromatic carbocycles. The third kappa shape index (κ3) is 3.27. The molecule has 0 atom stereocenters. The lowest BCUT2D eigenvalue weighted by Gasteiger charge is -2.06. The van der Waals surface area contributed by atoms with Gasteiger partial charge in [0.05, 0.1) is 0 Å². The Bertz CT molecular complexity index is 748. The van der Waals surface area contributed by atoms with Crippen LogP contribution in [0.1, 0.15) is 0 Å². The zero-order valence-electron chi connectivity index (χ0n) is 9.72. The van der Waals surface area contributed by atoms with E-state index in [1.54, 1.807) is 12.1 Å². The van der Waals surface area contributed by atoms with Crippen molar-refractivity contribution in [1.82, 2.24) is 9.97 Å². The van der Waals surface area contributed by atoms with E-state index in [4.69, 9.17) is 0 Å². The van der Waals surface area contributed by atoms with Gasteiger partial charge in [-0.3, -0.25) is 4.72 Å². The highest BCUT2D eigenvalue weighted by Gasteiger charge is 2.18. The molecular formula is C10H7BrN4O4S. The molecule has 104 valence electrons. The van der Waals surface area contributed by atoms with Crippen molar-refractivity contribution in [2.75, 3.05) is 4.72 Å². The molecule has 0 saturated heterocycles. The van der Waals surface area contributed by atoms with Crippen molar-refractivity contribution in [3.05, 3.63) is 51.2 Å². The highest BCUT2D eigenvalue weighted by Crippen LogP contribution is 2.17. The normalized spacial score (nSPS) is 11.1. The van der Waals surface area contributed by atoms with Crippen molar-refractivity contribution in [2.45, 2.75) is 4.90 Å². The van der Waals surface area contributed by atoms with Gasteiger partial charge in [-0.2, -0.15) is 0 Å². The molecule has 0 bridgehead atoms. The van der Waals surface area contributed by atoms with Crippen LogP contribution >= 0.6 is 15.9 Å². The van der Waals surface area contributed by atoms with Crippen molar-refractivity contribution in [2.24, 2.45) is 0 Å². The lowest BCUT2D eigenvalue weighted by Crippen LogP contribution is -2.14. The van der Waals surface area contributed by atoms with Crippen LogP contribution in [0.3, 0.4) is 0 Å². The van der Waals surface area contributed by atoms with Crippen molar-refractivity contribution < 1.29 is 13.3 Å². The number of nitrogens with zero attached hydrogens (tertiary/aromatic N) is 3. The number of anilines is 1. The number of rotatable bonds is 4. The van der Waals surface area contributed by atoms with E-state index >= 15 is 0 Å². The van der Waals surface area contributed by atoms with E-state index in [2.05, 4.69) is 30.6 Å². The minimum atomic E-state index is -3.89. The minimum absolute atomic E-state index is 0.123. The van der Waals surface area contributed by atoms with E-state index < -0.39 is 20.8 Å². The van der Waals surface area contributed by atoms with Gasteiger partial charge in [0.1, 0.15) is 15.3 Å². The van der Waals surface area contributed by atoms with Crippen LogP contribution in [0.2, 0.25) is 0 Å². The first kappa shape index (κ1) is 14.3. The topological polar surface area (TPSA) is 115 Å². The Hall–Kier alpha value is -2.07. The molecule has 0 unspecified atom stereocenters. The lowest BCUT2D eigenvalue weighted by molar-refractivity contribution is -0.389. The predicted octanol–water partition coefficient (Wildman–Crippen LogP) is 1.95. The first-order valence-corrected chi connectivity index (χ1v) is 7.42. The Kier molecular flexibility index (Phi) is 3.95. The van der Waals surface area contributed by atoms with Crippen molar-refractivity contribution in [3.8, 4) is 0 Å². The van der Waals surface area contributed by atoms with E-state index in [9.17, 15) is 18.5 Å². The molecule has 2 aromatic rings. The molecule has 2 aromatic heterocycles. The third-order valence-corrected chi connectivity index (χ3v) is 3.95. The van der Waals surface area contributed by atoms with Crippen molar-refractivity contribution in [3.63, 3.8) is 0 Å². The van der Waals surface area contributed by atoms with Gasteiger partial charge in [0.25, 0.3) is 10.0 Å². The predicted molar refractivity (Wildman–Crippen MR) is 73.6 cm³/mol. The Balaban J connectivity index is 2.28. The van der Waals surface area contributed by atoms with E-state index in [0.29, 0.717) is 4.60 Å². The van der Waals surface area contributed by atoms with Crippen LogP contribution < -0.4 is 4.72 Å². The average Bonchev–Trinajstić information content (AvgIpc) is 2.38. The number of aromatic nitrogens is 2. The average molecular weight is 359 g/mol. The van der Waals surface area contributed by atoms with Gasteiger partial charge >= 0.3 is 5.82 Å². The fourth-order valence-electron chi connectivity index (χ4n) is 1.30. The summed E-state index contributed by atoms with van der Waals surface area (Å²) in [6.07, 6.45) is 0.915. The summed E-state index contributed by atoms with van der Waals surface area (Å²) in [4.78, 5) is 16.9. The zero-order chi connectivity index (χ0) is 14.8. The number of nitrogens with one attached hydrogen (secondary N) is 1. The van der Waals surface area contributed by atoms with E-state index in [1.807, 2.05) is 0 Å². The summed E-state index contributed by atoms with van der Waals surface area (Å²) in [5.41, 5.74) is 0. The van der Waals surface area contributed by atoms with Crippen molar-refractivity contribution >= 4 is 37.6 Å². The van der Waals surface area contributed by atoms with Crippen molar-refractivity contribution in [1.29, 1.82) is 0 Å². The van der Waals surface area contributed by atoms with Crippen LogP contribution in [0.25, 0.3) is 0 Å². The van der Waals surface area contributed by atoms with Crippen LogP contribution in [0.4, 0.5) is 11.6 Å². The number of pyridine rings is 2. The summed E-state index contributed by atoms with van der Waals surface area (Å²) in [5, 5.41) is 10.5. The second-order valence-electron chi connectivity index (χ2n) is 3.56. The van der Waals surface area contributed by atoms with Gasteiger partial charge in [-0.25, -0.2) is 13.4 Å². The summed E-state index contributed by atoms with van der Waals surface area (Å²) >= 11 is 3.12. The maximum Gasteiger partial charge on any atom is 0.363 e.